The number of rotatable bonds is 5. The van der Waals surface area contributed by atoms with Gasteiger partial charge >= 0.3 is 0 Å². The number of carbonyl (C=O) groups excluding carboxylic acids is 2. The van der Waals surface area contributed by atoms with Crippen LogP contribution < -0.4 is 5.32 Å². The molecule has 0 saturated carbocycles. The lowest BCUT2D eigenvalue weighted by Gasteiger charge is -2.31. The molecule has 0 radical (unpaired) electrons. The number of carbonyl (C=O) groups is 2. The third-order valence-corrected chi connectivity index (χ3v) is 5.23. The lowest BCUT2D eigenvalue weighted by molar-refractivity contribution is -0.134. The molecule has 2 saturated heterocycles. The molecule has 0 aromatic carbocycles. The van der Waals surface area contributed by atoms with Crippen LogP contribution in [0.5, 0.6) is 0 Å². The van der Waals surface area contributed by atoms with E-state index in [1.165, 1.54) is 12.8 Å². The van der Waals surface area contributed by atoms with Crippen molar-refractivity contribution in [1.29, 1.82) is 0 Å². The molecule has 1 atom stereocenters. The van der Waals surface area contributed by atoms with Gasteiger partial charge in [-0.3, -0.25) is 14.5 Å². The average Bonchev–Trinajstić information content (AvgIpc) is 3.29. The summed E-state index contributed by atoms with van der Waals surface area (Å²) >= 11 is 0. The zero-order valence-electron chi connectivity index (χ0n) is 14.4. The van der Waals surface area contributed by atoms with E-state index >= 15 is 0 Å². The molecule has 24 heavy (non-hydrogen) atoms. The van der Waals surface area contributed by atoms with Crippen LogP contribution in [0.2, 0.25) is 0 Å². The summed E-state index contributed by atoms with van der Waals surface area (Å²) in [4.78, 5) is 28.1. The van der Waals surface area contributed by atoms with Crippen LogP contribution in [0.15, 0.2) is 22.8 Å². The lowest BCUT2D eigenvalue weighted by Crippen LogP contribution is -2.44. The van der Waals surface area contributed by atoms with Gasteiger partial charge in [-0.25, -0.2) is 0 Å². The fraction of sp³-hybridized carbons (Fsp3) is 0.667. The molecule has 132 valence electrons. The zero-order chi connectivity index (χ0) is 16.9. The first-order valence-corrected chi connectivity index (χ1v) is 8.96. The van der Waals surface area contributed by atoms with Crippen LogP contribution in [0.3, 0.4) is 0 Å². The summed E-state index contributed by atoms with van der Waals surface area (Å²) in [6.45, 7) is 5.64. The van der Waals surface area contributed by atoms with Crippen molar-refractivity contribution in [3.63, 3.8) is 0 Å². The number of nitrogens with zero attached hydrogens (tertiary/aromatic N) is 2. The molecule has 6 nitrogen and oxygen atoms in total. The van der Waals surface area contributed by atoms with E-state index < -0.39 is 0 Å². The summed E-state index contributed by atoms with van der Waals surface area (Å²) in [5.41, 5.74) is 0. The Kier molecular flexibility index (Phi) is 5.56. The van der Waals surface area contributed by atoms with Gasteiger partial charge in [-0.05, 0) is 50.9 Å². The van der Waals surface area contributed by atoms with Crippen molar-refractivity contribution in [2.24, 2.45) is 5.92 Å². The summed E-state index contributed by atoms with van der Waals surface area (Å²) in [5, 5.41) is 3.12. The SMILES string of the molecule is CC(=O)N1CCC(C(=O)NC[C@H](c2ccco2)N2CCCC2)CC1. The Labute approximate surface area is 143 Å². The van der Waals surface area contributed by atoms with Crippen molar-refractivity contribution in [2.45, 2.75) is 38.6 Å². The highest BCUT2D eigenvalue weighted by molar-refractivity contribution is 5.79. The molecular formula is C18H27N3O3. The van der Waals surface area contributed by atoms with Crippen molar-refractivity contribution in [1.82, 2.24) is 15.1 Å². The van der Waals surface area contributed by atoms with Crippen molar-refractivity contribution >= 4 is 11.8 Å². The van der Waals surface area contributed by atoms with Gasteiger partial charge in [-0.15, -0.1) is 0 Å². The van der Waals surface area contributed by atoms with E-state index in [2.05, 4.69) is 10.2 Å². The lowest BCUT2D eigenvalue weighted by atomic mass is 9.95. The van der Waals surface area contributed by atoms with Crippen molar-refractivity contribution in [2.75, 3.05) is 32.7 Å². The van der Waals surface area contributed by atoms with E-state index in [1.54, 1.807) is 13.2 Å². The Hall–Kier alpha value is -1.82. The summed E-state index contributed by atoms with van der Waals surface area (Å²) in [7, 11) is 0. The number of furan rings is 1. The van der Waals surface area contributed by atoms with Crippen LogP contribution in [0, 0.1) is 5.92 Å². The van der Waals surface area contributed by atoms with Crippen LogP contribution in [-0.2, 0) is 9.59 Å². The highest BCUT2D eigenvalue weighted by Crippen LogP contribution is 2.25. The van der Waals surface area contributed by atoms with Crippen molar-refractivity contribution in [3.8, 4) is 0 Å². The third-order valence-electron chi connectivity index (χ3n) is 5.23. The largest absolute Gasteiger partial charge is 0.468 e. The standard InChI is InChI=1S/C18H27N3O3/c1-14(22)20-10-6-15(7-11-20)18(23)19-13-16(17-5-4-12-24-17)21-8-2-3-9-21/h4-5,12,15-16H,2-3,6-11,13H2,1H3,(H,19,23)/t16-/m1/s1. The summed E-state index contributed by atoms with van der Waals surface area (Å²) in [6, 6.07) is 4.00. The molecular weight excluding hydrogens is 306 g/mol. The second-order valence-electron chi connectivity index (χ2n) is 6.80. The summed E-state index contributed by atoms with van der Waals surface area (Å²) in [6.07, 6.45) is 5.60. The molecule has 3 rings (SSSR count). The van der Waals surface area contributed by atoms with E-state index in [9.17, 15) is 9.59 Å². The molecule has 2 aliphatic rings. The van der Waals surface area contributed by atoms with Gasteiger partial charge in [0.05, 0.1) is 12.3 Å². The molecule has 2 amide bonds. The Balaban J connectivity index is 1.53. The maximum absolute atomic E-state index is 12.5. The number of hydrogen-bond acceptors (Lipinski definition) is 4. The molecule has 1 N–H and O–H groups in total. The summed E-state index contributed by atoms with van der Waals surface area (Å²) in [5.74, 6) is 1.13. The molecule has 0 spiro atoms. The molecule has 2 aliphatic heterocycles. The highest BCUT2D eigenvalue weighted by atomic mass is 16.3. The van der Waals surface area contributed by atoms with Gasteiger partial charge in [0.25, 0.3) is 0 Å². The van der Waals surface area contributed by atoms with Gasteiger partial charge in [0.2, 0.25) is 11.8 Å². The van der Waals surface area contributed by atoms with E-state index in [0.29, 0.717) is 19.6 Å². The maximum atomic E-state index is 12.5. The molecule has 6 heteroatoms. The first-order chi connectivity index (χ1) is 11.6. The van der Waals surface area contributed by atoms with E-state index in [0.717, 1.165) is 31.7 Å². The van der Waals surface area contributed by atoms with Crippen LogP contribution in [-0.4, -0.2) is 54.3 Å². The Morgan fingerprint density at radius 3 is 2.54 bits per heavy atom. The van der Waals surface area contributed by atoms with Gasteiger partial charge < -0.3 is 14.6 Å². The minimum atomic E-state index is 0.0106. The topological polar surface area (TPSA) is 65.8 Å². The Bertz CT molecular complexity index is 544. The molecule has 1 aromatic heterocycles. The monoisotopic (exact) mass is 333 g/mol. The van der Waals surface area contributed by atoms with Crippen LogP contribution in [0.4, 0.5) is 0 Å². The van der Waals surface area contributed by atoms with Gasteiger partial charge in [0.1, 0.15) is 5.76 Å². The molecule has 3 heterocycles. The maximum Gasteiger partial charge on any atom is 0.223 e. The van der Waals surface area contributed by atoms with E-state index in [1.807, 2.05) is 17.0 Å². The summed E-state index contributed by atoms with van der Waals surface area (Å²) < 4.78 is 5.59. The quantitative estimate of drug-likeness (QED) is 0.892. The van der Waals surface area contributed by atoms with Crippen molar-refractivity contribution in [3.05, 3.63) is 24.2 Å². The predicted molar refractivity (Wildman–Crippen MR) is 90.2 cm³/mol. The van der Waals surface area contributed by atoms with E-state index in [4.69, 9.17) is 4.42 Å². The second kappa shape index (κ2) is 7.83. The molecule has 0 unspecified atom stereocenters. The van der Waals surface area contributed by atoms with Crippen LogP contribution in [0.25, 0.3) is 0 Å². The van der Waals surface area contributed by atoms with Gasteiger partial charge in [-0.2, -0.15) is 0 Å². The zero-order valence-corrected chi connectivity index (χ0v) is 14.4. The minimum Gasteiger partial charge on any atom is -0.468 e. The van der Waals surface area contributed by atoms with Crippen molar-refractivity contribution < 1.29 is 14.0 Å². The van der Waals surface area contributed by atoms with Gasteiger partial charge in [0, 0.05) is 32.5 Å². The van der Waals surface area contributed by atoms with E-state index in [-0.39, 0.29) is 23.8 Å². The number of hydrogen-bond donors (Lipinski definition) is 1. The van der Waals surface area contributed by atoms with Crippen LogP contribution >= 0.6 is 0 Å². The number of amides is 2. The Morgan fingerprint density at radius 1 is 1.25 bits per heavy atom. The Morgan fingerprint density at radius 2 is 1.96 bits per heavy atom. The molecule has 0 bridgehead atoms. The smallest absolute Gasteiger partial charge is 0.223 e. The predicted octanol–water partition coefficient (Wildman–Crippen LogP) is 1.79. The first kappa shape index (κ1) is 17.0. The van der Waals surface area contributed by atoms with Gasteiger partial charge in [-0.1, -0.05) is 0 Å². The molecule has 0 aliphatic carbocycles. The third kappa shape index (κ3) is 3.98. The highest BCUT2D eigenvalue weighted by Gasteiger charge is 2.29. The molecule has 1 aromatic rings. The first-order valence-electron chi connectivity index (χ1n) is 8.96. The molecule has 2 fully saturated rings. The van der Waals surface area contributed by atoms with Crippen LogP contribution in [0.1, 0.15) is 44.4 Å². The normalized spacial score (nSPS) is 21.0. The average molecular weight is 333 g/mol. The fourth-order valence-corrected chi connectivity index (χ4v) is 3.74. The second-order valence-corrected chi connectivity index (χ2v) is 6.80. The number of piperidine rings is 1. The van der Waals surface area contributed by atoms with Gasteiger partial charge in [0.15, 0.2) is 0 Å². The minimum absolute atomic E-state index is 0.0106. The fourth-order valence-electron chi connectivity index (χ4n) is 3.74. The number of nitrogens with one attached hydrogen (secondary N) is 1. The number of likely N-dealkylation sites (tertiary alicyclic amines) is 2.